The van der Waals surface area contributed by atoms with Gasteiger partial charge in [-0.2, -0.15) is 4.98 Å². The number of aliphatic carboxylic acids is 1. The highest BCUT2D eigenvalue weighted by atomic mass is 32.1. The average molecular weight is 296 g/mol. The van der Waals surface area contributed by atoms with Crippen LogP contribution in [-0.4, -0.2) is 32.7 Å². The fraction of sp³-hybridized carbons (Fsp3) is 0.500. The highest BCUT2D eigenvalue weighted by Gasteiger charge is 2.32. The molecule has 0 aliphatic carbocycles. The van der Waals surface area contributed by atoms with Crippen LogP contribution in [0, 0.1) is 6.92 Å². The summed E-state index contributed by atoms with van der Waals surface area (Å²) in [4.78, 5) is 19.5. The number of carboxylic acid groups (broad SMARTS) is 1. The molecule has 2 heterocycles. The summed E-state index contributed by atoms with van der Waals surface area (Å²) in [5, 5.41) is 18.5. The molecule has 0 fully saturated rings. The van der Waals surface area contributed by atoms with Crippen LogP contribution in [0.1, 0.15) is 31.3 Å². The number of thiazole rings is 1. The standard InChI is InChI=1S/C12H16N4O3S/c1-7-14-9(16-19-7)4-5-13-11-15-8(6-20-11)12(2,3)10(17)18/h6H,4-5H2,1-3H3,(H,13,15)(H,17,18). The van der Waals surface area contributed by atoms with Gasteiger partial charge >= 0.3 is 5.97 Å². The van der Waals surface area contributed by atoms with Gasteiger partial charge in [-0.15, -0.1) is 11.3 Å². The quantitative estimate of drug-likeness (QED) is 0.838. The minimum atomic E-state index is -0.985. The molecule has 0 atom stereocenters. The normalized spacial score (nSPS) is 11.6. The van der Waals surface area contributed by atoms with Crippen LogP contribution in [-0.2, 0) is 16.6 Å². The van der Waals surface area contributed by atoms with Crippen molar-refractivity contribution in [1.82, 2.24) is 15.1 Å². The van der Waals surface area contributed by atoms with E-state index < -0.39 is 11.4 Å². The number of carbonyl (C=O) groups is 1. The molecule has 108 valence electrons. The van der Waals surface area contributed by atoms with Crippen molar-refractivity contribution < 1.29 is 14.4 Å². The summed E-state index contributed by atoms with van der Waals surface area (Å²) in [6.45, 7) is 5.62. The maximum Gasteiger partial charge on any atom is 0.315 e. The van der Waals surface area contributed by atoms with E-state index in [9.17, 15) is 4.79 Å². The van der Waals surface area contributed by atoms with Crippen LogP contribution in [0.2, 0.25) is 0 Å². The molecule has 0 aliphatic heterocycles. The van der Waals surface area contributed by atoms with E-state index in [-0.39, 0.29) is 0 Å². The molecule has 0 radical (unpaired) electrons. The molecule has 0 aliphatic rings. The fourth-order valence-corrected chi connectivity index (χ4v) is 2.38. The van der Waals surface area contributed by atoms with E-state index in [1.807, 2.05) is 0 Å². The van der Waals surface area contributed by atoms with E-state index in [1.165, 1.54) is 11.3 Å². The second kappa shape index (κ2) is 5.58. The average Bonchev–Trinajstić information content (AvgIpc) is 2.99. The number of aryl methyl sites for hydroxylation is 1. The highest BCUT2D eigenvalue weighted by molar-refractivity contribution is 7.13. The minimum Gasteiger partial charge on any atom is -0.481 e. The molecular formula is C12H16N4O3S. The fourth-order valence-electron chi connectivity index (χ4n) is 1.48. The van der Waals surface area contributed by atoms with Crippen molar-refractivity contribution >= 4 is 22.4 Å². The smallest absolute Gasteiger partial charge is 0.315 e. The number of carboxylic acids is 1. The molecule has 2 N–H and O–H groups in total. The first-order valence-electron chi connectivity index (χ1n) is 6.12. The Kier molecular flexibility index (Phi) is 4.03. The zero-order valence-corrected chi connectivity index (χ0v) is 12.3. The monoisotopic (exact) mass is 296 g/mol. The van der Waals surface area contributed by atoms with Crippen LogP contribution in [0.15, 0.2) is 9.90 Å². The SMILES string of the molecule is Cc1nc(CCNc2nc(C(C)(C)C(=O)O)cs2)no1. The predicted molar refractivity (Wildman–Crippen MR) is 74.0 cm³/mol. The van der Waals surface area contributed by atoms with Gasteiger partial charge in [-0.1, -0.05) is 5.16 Å². The molecule has 7 nitrogen and oxygen atoms in total. The van der Waals surface area contributed by atoms with E-state index in [0.29, 0.717) is 35.5 Å². The van der Waals surface area contributed by atoms with E-state index in [4.69, 9.17) is 9.63 Å². The lowest BCUT2D eigenvalue weighted by atomic mass is 9.90. The first kappa shape index (κ1) is 14.4. The third-order valence-corrected chi connectivity index (χ3v) is 3.67. The van der Waals surface area contributed by atoms with Gasteiger partial charge < -0.3 is 14.9 Å². The van der Waals surface area contributed by atoms with Crippen LogP contribution < -0.4 is 5.32 Å². The Labute approximate surface area is 120 Å². The Hall–Kier alpha value is -1.96. The molecule has 0 unspecified atom stereocenters. The Balaban J connectivity index is 1.92. The first-order valence-corrected chi connectivity index (χ1v) is 7.00. The van der Waals surface area contributed by atoms with Crippen molar-refractivity contribution in [1.29, 1.82) is 0 Å². The summed E-state index contributed by atoms with van der Waals surface area (Å²) in [6.07, 6.45) is 0.620. The summed E-state index contributed by atoms with van der Waals surface area (Å²) < 4.78 is 4.88. The van der Waals surface area contributed by atoms with E-state index >= 15 is 0 Å². The van der Waals surface area contributed by atoms with Gasteiger partial charge in [-0.3, -0.25) is 4.79 Å². The van der Waals surface area contributed by atoms with Gasteiger partial charge in [0.1, 0.15) is 5.41 Å². The van der Waals surface area contributed by atoms with Crippen LogP contribution in [0.3, 0.4) is 0 Å². The van der Waals surface area contributed by atoms with Gasteiger partial charge in [0.15, 0.2) is 11.0 Å². The first-order chi connectivity index (χ1) is 9.39. The second-order valence-electron chi connectivity index (χ2n) is 4.87. The summed E-state index contributed by atoms with van der Waals surface area (Å²) in [7, 11) is 0. The molecule has 2 rings (SSSR count). The Morgan fingerprint density at radius 1 is 1.50 bits per heavy atom. The van der Waals surface area contributed by atoms with Crippen molar-refractivity contribution in [2.45, 2.75) is 32.6 Å². The number of nitrogens with zero attached hydrogens (tertiary/aromatic N) is 3. The summed E-state index contributed by atoms with van der Waals surface area (Å²) in [5.74, 6) is 0.286. The van der Waals surface area contributed by atoms with Gasteiger partial charge in [0.25, 0.3) is 0 Å². The molecule has 0 amide bonds. The van der Waals surface area contributed by atoms with Crippen LogP contribution >= 0.6 is 11.3 Å². The molecule has 2 aromatic heterocycles. The molecule has 20 heavy (non-hydrogen) atoms. The van der Waals surface area contributed by atoms with E-state index in [1.54, 1.807) is 26.2 Å². The van der Waals surface area contributed by atoms with Crippen molar-refractivity contribution in [3.63, 3.8) is 0 Å². The van der Waals surface area contributed by atoms with Crippen molar-refractivity contribution in [2.24, 2.45) is 0 Å². The van der Waals surface area contributed by atoms with Crippen LogP contribution in [0.25, 0.3) is 0 Å². The molecular weight excluding hydrogens is 280 g/mol. The van der Waals surface area contributed by atoms with E-state index in [0.717, 1.165) is 0 Å². The molecule has 2 aromatic rings. The topological polar surface area (TPSA) is 101 Å². The Morgan fingerprint density at radius 2 is 2.25 bits per heavy atom. The zero-order valence-electron chi connectivity index (χ0n) is 11.5. The van der Waals surface area contributed by atoms with Gasteiger partial charge in [0.05, 0.1) is 5.69 Å². The van der Waals surface area contributed by atoms with Crippen LogP contribution in [0.4, 0.5) is 5.13 Å². The van der Waals surface area contributed by atoms with Crippen LogP contribution in [0.5, 0.6) is 0 Å². The lowest BCUT2D eigenvalue weighted by Crippen LogP contribution is -2.28. The second-order valence-corrected chi connectivity index (χ2v) is 5.73. The minimum absolute atomic E-state index is 0.541. The van der Waals surface area contributed by atoms with Crippen molar-refractivity contribution in [3.05, 3.63) is 22.8 Å². The lowest BCUT2D eigenvalue weighted by Gasteiger charge is -2.15. The third kappa shape index (κ3) is 3.13. The maximum absolute atomic E-state index is 11.1. The summed E-state index contributed by atoms with van der Waals surface area (Å²) >= 11 is 1.38. The highest BCUT2D eigenvalue weighted by Crippen LogP contribution is 2.27. The van der Waals surface area contributed by atoms with Gasteiger partial charge in [-0.05, 0) is 13.8 Å². The molecule has 0 saturated carbocycles. The molecule has 0 spiro atoms. The number of rotatable bonds is 6. The number of aromatic nitrogens is 3. The number of nitrogens with one attached hydrogen (secondary N) is 1. The number of hydrogen-bond acceptors (Lipinski definition) is 7. The number of hydrogen-bond donors (Lipinski definition) is 2. The lowest BCUT2D eigenvalue weighted by molar-refractivity contribution is -0.142. The molecule has 0 aromatic carbocycles. The summed E-state index contributed by atoms with van der Waals surface area (Å²) in [5.41, 5.74) is -0.436. The van der Waals surface area contributed by atoms with Gasteiger partial charge in [0, 0.05) is 25.3 Å². The molecule has 8 heteroatoms. The Morgan fingerprint density at radius 3 is 2.85 bits per heavy atom. The van der Waals surface area contributed by atoms with Crippen molar-refractivity contribution in [3.8, 4) is 0 Å². The van der Waals surface area contributed by atoms with E-state index in [2.05, 4.69) is 20.4 Å². The predicted octanol–water partition coefficient (Wildman–Crippen LogP) is 1.85. The molecule has 0 saturated heterocycles. The summed E-state index contributed by atoms with van der Waals surface area (Å²) in [6, 6.07) is 0. The Bertz CT molecular complexity index is 605. The van der Waals surface area contributed by atoms with Gasteiger partial charge in [-0.25, -0.2) is 4.98 Å². The van der Waals surface area contributed by atoms with Crippen molar-refractivity contribution in [2.75, 3.05) is 11.9 Å². The van der Waals surface area contributed by atoms with Gasteiger partial charge in [0.2, 0.25) is 5.89 Å². The third-order valence-electron chi connectivity index (χ3n) is 2.87. The molecule has 0 bridgehead atoms. The largest absolute Gasteiger partial charge is 0.481 e. The number of anilines is 1. The maximum atomic E-state index is 11.1. The zero-order chi connectivity index (χ0) is 14.8.